The average molecular weight is 282 g/mol. The maximum Gasteiger partial charge on any atom is 0.271 e. The Hall–Kier alpha value is -2.91. The highest BCUT2D eigenvalue weighted by Crippen LogP contribution is 2.03. The molecule has 0 aliphatic carbocycles. The van der Waals surface area contributed by atoms with Gasteiger partial charge < -0.3 is 16.0 Å². The minimum absolute atomic E-state index is 0.167. The number of amides is 1. The van der Waals surface area contributed by atoms with E-state index in [9.17, 15) is 9.59 Å². The molecule has 1 heterocycles. The number of nitrogens with zero attached hydrogens (tertiary/aromatic N) is 1. The van der Waals surface area contributed by atoms with Gasteiger partial charge >= 0.3 is 0 Å². The van der Waals surface area contributed by atoms with Crippen LogP contribution in [0.2, 0.25) is 0 Å². The largest absolute Gasteiger partial charge is 0.347 e. The van der Waals surface area contributed by atoms with Crippen LogP contribution >= 0.6 is 0 Å². The molecule has 0 fully saturated rings. The van der Waals surface area contributed by atoms with E-state index in [0.29, 0.717) is 13.1 Å². The van der Waals surface area contributed by atoms with E-state index in [1.165, 1.54) is 6.20 Å². The molecule has 1 aromatic heterocycles. The van der Waals surface area contributed by atoms with Crippen LogP contribution in [0.25, 0.3) is 0 Å². The molecule has 0 radical (unpaired) electrons. The van der Waals surface area contributed by atoms with Gasteiger partial charge in [0.05, 0.1) is 12.7 Å². The highest BCUT2D eigenvalue weighted by atomic mass is 16.2. The Kier molecular flexibility index (Phi) is 4.85. The van der Waals surface area contributed by atoms with Crippen LogP contribution in [0.1, 0.15) is 21.6 Å². The molecule has 0 bridgehead atoms. The highest BCUT2D eigenvalue weighted by Gasteiger charge is 2.06. The van der Waals surface area contributed by atoms with Gasteiger partial charge in [0, 0.05) is 18.3 Å². The van der Waals surface area contributed by atoms with Crippen molar-refractivity contribution in [3.63, 3.8) is 0 Å². The number of aromatic amines is 1. The van der Waals surface area contributed by atoms with Gasteiger partial charge in [0.15, 0.2) is 0 Å². The number of nitrogens with one attached hydrogen (secondary N) is 2. The fourth-order valence-electron chi connectivity index (χ4n) is 1.60. The zero-order chi connectivity index (χ0) is 15.1. The van der Waals surface area contributed by atoms with Crippen LogP contribution < -0.4 is 16.6 Å². The fourth-order valence-corrected chi connectivity index (χ4v) is 1.60. The predicted molar refractivity (Wildman–Crippen MR) is 78.4 cm³/mol. The normalized spacial score (nSPS) is 9.57. The fraction of sp³-hybridized carbons (Fsp3) is 0.133. The Morgan fingerprint density at radius 1 is 1.33 bits per heavy atom. The molecule has 0 saturated heterocycles. The number of aromatic nitrogens is 2. The first kappa shape index (κ1) is 14.5. The van der Waals surface area contributed by atoms with Crippen LogP contribution in [0, 0.1) is 11.8 Å². The Bertz CT molecular complexity index is 718. The van der Waals surface area contributed by atoms with Crippen molar-refractivity contribution in [3.05, 3.63) is 63.8 Å². The van der Waals surface area contributed by atoms with E-state index < -0.39 is 0 Å². The summed E-state index contributed by atoms with van der Waals surface area (Å²) in [6, 6.07) is 7.48. The molecule has 0 spiro atoms. The number of H-pyrrole nitrogens is 1. The lowest BCUT2D eigenvalue weighted by molar-refractivity contribution is 0.0945. The lowest BCUT2D eigenvalue weighted by Gasteiger charge is -2.04. The van der Waals surface area contributed by atoms with Crippen molar-refractivity contribution in [2.75, 3.05) is 6.54 Å². The summed E-state index contributed by atoms with van der Waals surface area (Å²) in [6.45, 7) is 0.689. The lowest BCUT2D eigenvalue weighted by Crippen LogP contribution is -2.25. The van der Waals surface area contributed by atoms with Crippen molar-refractivity contribution in [3.8, 4) is 11.8 Å². The summed E-state index contributed by atoms with van der Waals surface area (Å²) in [6.07, 6.45) is 2.35. The maximum atomic E-state index is 11.8. The number of carbonyl (C=O) groups is 1. The van der Waals surface area contributed by atoms with Gasteiger partial charge in [-0.05, 0) is 17.7 Å². The summed E-state index contributed by atoms with van der Waals surface area (Å²) in [5.74, 6) is 5.34. The van der Waals surface area contributed by atoms with E-state index in [0.717, 1.165) is 17.3 Å². The van der Waals surface area contributed by atoms with Crippen LogP contribution in [0.15, 0.2) is 41.5 Å². The molecule has 106 valence electrons. The lowest BCUT2D eigenvalue weighted by atomic mass is 10.1. The molecular formula is C15H14N4O2. The van der Waals surface area contributed by atoms with Gasteiger partial charge in [-0.25, -0.2) is 4.98 Å². The summed E-state index contributed by atoms with van der Waals surface area (Å²) in [5.41, 5.74) is 6.93. The second-order valence-corrected chi connectivity index (χ2v) is 4.18. The SMILES string of the molecule is NCC#Cc1ccc(CNC(=O)c2c[nH]c(=O)cn2)cc1. The summed E-state index contributed by atoms with van der Waals surface area (Å²) in [7, 11) is 0. The summed E-state index contributed by atoms with van der Waals surface area (Å²) in [5, 5.41) is 2.72. The monoisotopic (exact) mass is 282 g/mol. The van der Waals surface area contributed by atoms with Crippen LogP contribution in [0.5, 0.6) is 0 Å². The molecule has 4 N–H and O–H groups in total. The first-order valence-electron chi connectivity index (χ1n) is 6.30. The maximum absolute atomic E-state index is 11.8. The molecule has 2 aromatic rings. The van der Waals surface area contributed by atoms with Gasteiger partial charge in [0.2, 0.25) is 0 Å². The van der Waals surface area contributed by atoms with Crippen LogP contribution in [-0.4, -0.2) is 22.4 Å². The molecule has 2 rings (SSSR count). The van der Waals surface area contributed by atoms with Crippen LogP contribution in [0.3, 0.4) is 0 Å². The minimum atomic E-state index is -0.349. The summed E-state index contributed by atoms with van der Waals surface area (Å²) >= 11 is 0. The standard InChI is InChI=1S/C15H14N4O2/c16-7-1-2-11-3-5-12(6-4-11)8-19-15(21)13-9-18-14(20)10-17-13/h3-6,9-10H,7-8,16H2,(H,18,20)(H,19,21). The van der Waals surface area contributed by atoms with Crippen molar-refractivity contribution in [1.82, 2.24) is 15.3 Å². The Morgan fingerprint density at radius 2 is 2.10 bits per heavy atom. The van der Waals surface area contributed by atoms with E-state index in [1.54, 1.807) is 0 Å². The van der Waals surface area contributed by atoms with Gasteiger partial charge in [-0.2, -0.15) is 0 Å². The van der Waals surface area contributed by atoms with E-state index in [4.69, 9.17) is 5.73 Å². The minimum Gasteiger partial charge on any atom is -0.347 e. The molecule has 0 aliphatic rings. The van der Waals surface area contributed by atoms with Crippen molar-refractivity contribution in [2.24, 2.45) is 5.73 Å². The first-order valence-corrected chi connectivity index (χ1v) is 6.30. The third-order valence-electron chi connectivity index (χ3n) is 2.65. The predicted octanol–water partition coefficient (Wildman–Crippen LogP) is 0.0101. The number of rotatable bonds is 3. The Balaban J connectivity index is 1.95. The topological polar surface area (TPSA) is 101 Å². The van der Waals surface area contributed by atoms with Gasteiger partial charge in [-0.15, -0.1) is 0 Å². The van der Waals surface area contributed by atoms with Gasteiger partial charge in [-0.3, -0.25) is 9.59 Å². The van der Waals surface area contributed by atoms with Gasteiger partial charge in [0.1, 0.15) is 5.69 Å². The quantitative estimate of drug-likeness (QED) is 0.690. The van der Waals surface area contributed by atoms with Crippen LogP contribution in [-0.2, 0) is 6.54 Å². The molecule has 0 atom stereocenters. The molecule has 0 aliphatic heterocycles. The van der Waals surface area contributed by atoms with E-state index in [2.05, 4.69) is 27.1 Å². The molecule has 0 saturated carbocycles. The van der Waals surface area contributed by atoms with Crippen LogP contribution in [0.4, 0.5) is 0 Å². The Labute approximate surface area is 121 Å². The number of benzene rings is 1. The molecule has 0 unspecified atom stereocenters. The summed E-state index contributed by atoms with van der Waals surface area (Å²) < 4.78 is 0. The van der Waals surface area contributed by atoms with Crippen molar-refractivity contribution < 1.29 is 4.79 Å². The number of nitrogens with two attached hydrogens (primary N) is 1. The van der Waals surface area contributed by atoms with E-state index >= 15 is 0 Å². The van der Waals surface area contributed by atoms with Crippen molar-refractivity contribution in [2.45, 2.75) is 6.54 Å². The molecule has 1 amide bonds. The zero-order valence-electron chi connectivity index (χ0n) is 11.2. The molecule has 6 heteroatoms. The van der Waals surface area contributed by atoms with Crippen molar-refractivity contribution in [1.29, 1.82) is 0 Å². The first-order chi connectivity index (χ1) is 10.2. The third kappa shape index (κ3) is 4.30. The summed E-state index contributed by atoms with van der Waals surface area (Å²) in [4.78, 5) is 28.8. The van der Waals surface area contributed by atoms with E-state index in [1.807, 2.05) is 24.3 Å². The molecule has 1 aromatic carbocycles. The molecule has 21 heavy (non-hydrogen) atoms. The van der Waals surface area contributed by atoms with Crippen molar-refractivity contribution >= 4 is 5.91 Å². The van der Waals surface area contributed by atoms with E-state index in [-0.39, 0.29) is 17.2 Å². The Morgan fingerprint density at radius 3 is 2.71 bits per heavy atom. The number of hydrogen-bond donors (Lipinski definition) is 3. The molecule has 6 nitrogen and oxygen atoms in total. The highest BCUT2D eigenvalue weighted by molar-refractivity contribution is 5.91. The smallest absolute Gasteiger partial charge is 0.271 e. The average Bonchev–Trinajstić information content (AvgIpc) is 2.52. The van der Waals surface area contributed by atoms with Gasteiger partial charge in [0.25, 0.3) is 11.5 Å². The van der Waals surface area contributed by atoms with Gasteiger partial charge in [-0.1, -0.05) is 24.0 Å². The second-order valence-electron chi connectivity index (χ2n) is 4.18. The molecular weight excluding hydrogens is 268 g/mol. The number of carbonyl (C=O) groups excluding carboxylic acids is 1. The zero-order valence-corrected chi connectivity index (χ0v) is 11.2. The third-order valence-corrected chi connectivity index (χ3v) is 2.65. The number of hydrogen-bond acceptors (Lipinski definition) is 4. The second kappa shape index (κ2) is 7.03.